The Morgan fingerprint density at radius 3 is 2.79 bits per heavy atom. The van der Waals surface area contributed by atoms with Gasteiger partial charge in [-0.25, -0.2) is 4.98 Å². The minimum atomic E-state index is 0.692. The van der Waals surface area contributed by atoms with Crippen LogP contribution in [0.15, 0.2) is 36.4 Å². The van der Waals surface area contributed by atoms with Crippen molar-refractivity contribution in [3.63, 3.8) is 0 Å². The second-order valence-corrected chi connectivity index (χ2v) is 5.43. The molecular weight excluding hydrogens is 256 g/mol. The summed E-state index contributed by atoms with van der Waals surface area (Å²) in [6.45, 7) is 2.08. The third-order valence-corrected chi connectivity index (χ3v) is 4.13. The molecule has 19 heavy (non-hydrogen) atoms. The molecule has 2 aromatic carbocycles. The summed E-state index contributed by atoms with van der Waals surface area (Å²) in [6.07, 6.45) is 0. The fourth-order valence-electron chi connectivity index (χ4n) is 2.09. The van der Waals surface area contributed by atoms with Crippen LogP contribution in [-0.2, 0) is 0 Å². The van der Waals surface area contributed by atoms with E-state index in [1.54, 1.807) is 18.4 Å². The number of hydrogen-bond acceptors (Lipinski definition) is 4. The molecule has 2 N–H and O–H groups in total. The molecule has 0 spiro atoms. The van der Waals surface area contributed by atoms with Crippen LogP contribution >= 0.6 is 11.3 Å². The number of aryl methyl sites for hydroxylation is 1. The number of benzene rings is 2. The van der Waals surface area contributed by atoms with Crippen LogP contribution in [-0.4, -0.2) is 12.1 Å². The Bertz CT molecular complexity index is 749. The summed E-state index contributed by atoms with van der Waals surface area (Å²) in [5.74, 6) is 0.761. The minimum Gasteiger partial charge on any atom is -0.496 e. The molecule has 0 amide bonds. The van der Waals surface area contributed by atoms with Gasteiger partial charge in [0.1, 0.15) is 10.8 Å². The minimum absolute atomic E-state index is 0.692. The van der Waals surface area contributed by atoms with Crippen molar-refractivity contribution in [3.8, 4) is 16.3 Å². The van der Waals surface area contributed by atoms with Crippen LogP contribution in [0.4, 0.5) is 5.69 Å². The van der Waals surface area contributed by atoms with E-state index >= 15 is 0 Å². The lowest BCUT2D eigenvalue weighted by Crippen LogP contribution is -1.91. The number of nitrogens with zero attached hydrogens (tertiary/aromatic N) is 1. The first-order valence-electron chi connectivity index (χ1n) is 5.99. The molecule has 0 aliphatic carbocycles. The zero-order chi connectivity index (χ0) is 13.4. The van der Waals surface area contributed by atoms with Crippen molar-refractivity contribution in [3.05, 3.63) is 42.0 Å². The van der Waals surface area contributed by atoms with E-state index in [-0.39, 0.29) is 0 Å². The average Bonchev–Trinajstić information content (AvgIpc) is 2.83. The zero-order valence-electron chi connectivity index (χ0n) is 10.8. The summed E-state index contributed by atoms with van der Waals surface area (Å²) < 4.78 is 6.58. The van der Waals surface area contributed by atoms with Crippen LogP contribution in [0.3, 0.4) is 0 Å². The largest absolute Gasteiger partial charge is 0.496 e. The number of fused-ring (bicyclic) bond motifs is 1. The maximum Gasteiger partial charge on any atom is 0.131 e. The molecule has 3 aromatic rings. The van der Waals surface area contributed by atoms with Crippen LogP contribution < -0.4 is 10.5 Å². The highest BCUT2D eigenvalue weighted by Crippen LogP contribution is 2.37. The van der Waals surface area contributed by atoms with Gasteiger partial charge < -0.3 is 10.5 Å². The van der Waals surface area contributed by atoms with Crippen LogP contribution in [0.1, 0.15) is 5.56 Å². The topological polar surface area (TPSA) is 48.1 Å². The lowest BCUT2D eigenvalue weighted by molar-refractivity contribution is 0.416. The van der Waals surface area contributed by atoms with E-state index in [1.807, 2.05) is 18.2 Å². The Hall–Kier alpha value is -2.07. The fourth-order valence-corrected chi connectivity index (χ4v) is 3.16. The van der Waals surface area contributed by atoms with Crippen molar-refractivity contribution >= 4 is 27.2 Å². The van der Waals surface area contributed by atoms with E-state index in [9.17, 15) is 0 Å². The normalized spacial score (nSPS) is 10.8. The quantitative estimate of drug-likeness (QED) is 0.719. The molecule has 0 aliphatic rings. The number of nitrogens with two attached hydrogens (primary N) is 1. The number of nitrogen functional groups attached to an aromatic ring is 1. The van der Waals surface area contributed by atoms with E-state index in [1.165, 1.54) is 10.3 Å². The van der Waals surface area contributed by atoms with Gasteiger partial charge in [0.2, 0.25) is 0 Å². The summed E-state index contributed by atoms with van der Waals surface area (Å²) in [5.41, 5.74) is 9.71. The van der Waals surface area contributed by atoms with Crippen LogP contribution in [0, 0.1) is 6.92 Å². The highest BCUT2D eigenvalue weighted by molar-refractivity contribution is 7.21. The molecule has 4 heteroatoms. The van der Waals surface area contributed by atoms with Crippen molar-refractivity contribution in [2.45, 2.75) is 6.92 Å². The Balaban J connectivity index is 2.22. The van der Waals surface area contributed by atoms with E-state index in [2.05, 4.69) is 25.1 Å². The summed E-state index contributed by atoms with van der Waals surface area (Å²) >= 11 is 1.67. The number of rotatable bonds is 2. The Labute approximate surface area is 115 Å². The number of ether oxygens (including phenoxy) is 1. The third-order valence-electron chi connectivity index (χ3n) is 3.08. The molecule has 1 aromatic heterocycles. The third kappa shape index (κ3) is 2.04. The summed E-state index contributed by atoms with van der Waals surface area (Å²) in [6, 6.07) is 11.9. The molecule has 96 valence electrons. The molecule has 0 saturated carbocycles. The van der Waals surface area contributed by atoms with Crippen molar-refractivity contribution < 1.29 is 4.74 Å². The maximum absolute atomic E-state index is 5.78. The predicted octanol–water partition coefficient (Wildman–Crippen LogP) is 3.86. The molecule has 0 aliphatic heterocycles. The van der Waals surface area contributed by atoms with Gasteiger partial charge in [0.05, 0.1) is 22.9 Å². The van der Waals surface area contributed by atoms with E-state index in [0.29, 0.717) is 5.69 Å². The van der Waals surface area contributed by atoms with Gasteiger partial charge in [-0.2, -0.15) is 0 Å². The zero-order valence-corrected chi connectivity index (χ0v) is 11.6. The lowest BCUT2D eigenvalue weighted by atomic mass is 10.2. The smallest absolute Gasteiger partial charge is 0.131 e. The van der Waals surface area contributed by atoms with Crippen molar-refractivity contribution in [2.75, 3.05) is 12.8 Å². The first-order valence-corrected chi connectivity index (χ1v) is 6.81. The second-order valence-electron chi connectivity index (χ2n) is 4.40. The number of methoxy groups -OCH3 is 1. The van der Waals surface area contributed by atoms with Gasteiger partial charge in [0.15, 0.2) is 0 Å². The summed E-state index contributed by atoms with van der Waals surface area (Å²) in [7, 11) is 1.65. The number of aromatic nitrogens is 1. The molecule has 3 nitrogen and oxygen atoms in total. The monoisotopic (exact) mass is 270 g/mol. The van der Waals surface area contributed by atoms with Crippen molar-refractivity contribution in [2.24, 2.45) is 0 Å². The number of thiazole rings is 1. The Kier molecular flexibility index (Phi) is 2.87. The highest BCUT2D eigenvalue weighted by atomic mass is 32.1. The van der Waals surface area contributed by atoms with Gasteiger partial charge in [-0.1, -0.05) is 12.1 Å². The first kappa shape index (κ1) is 12.0. The van der Waals surface area contributed by atoms with Gasteiger partial charge in [-0.05, 0) is 30.7 Å². The molecule has 0 radical (unpaired) electrons. The van der Waals surface area contributed by atoms with Gasteiger partial charge in [-0.15, -0.1) is 11.3 Å². The van der Waals surface area contributed by atoms with E-state index in [0.717, 1.165) is 21.8 Å². The Morgan fingerprint density at radius 2 is 2.05 bits per heavy atom. The fraction of sp³-hybridized carbons (Fsp3) is 0.133. The molecule has 0 atom stereocenters. The highest BCUT2D eigenvalue weighted by Gasteiger charge is 2.12. The van der Waals surface area contributed by atoms with Crippen molar-refractivity contribution in [1.82, 2.24) is 4.98 Å². The standard InChI is InChI=1S/C15H14N2OS/c1-9-4-3-5-13-14(9)17-15(19-13)11-7-6-10(16)8-12(11)18-2/h3-8H,16H2,1-2H3. The first-order chi connectivity index (χ1) is 9.19. The van der Waals surface area contributed by atoms with Gasteiger partial charge >= 0.3 is 0 Å². The second kappa shape index (κ2) is 4.55. The average molecular weight is 270 g/mol. The molecule has 0 unspecified atom stereocenters. The predicted molar refractivity (Wildman–Crippen MR) is 80.8 cm³/mol. The summed E-state index contributed by atoms with van der Waals surface area (Å²) in [5, 5.41) is 0.959. The summed E-state index contributed by atoms with van der Waals surface area (Å²) in [4.78, 5) is 4.72. The maximum atomic E-state index is 5.78. The van der Waals surface area contributed by atoms with Crippen LogP contribution in [0.2, 0.25) is 0 Å². The molecule has 3 rings (SSSR count). The molecule has 1 heterocycles. The Morgan fingerprint density at radius 1 is 1.21 bits per heavy atom. The molecular formula is C15H14N2OS. The van der Waals surface area contributed by atoms with Gasteiger partial charge in [0.25, 0.3) is 0 Å². The molecule has 0 bridgehead atoms. The number of hydrogen-bond donors (Lipinski definition) is 1. The van der Waals surface area contributed by atoms with Crippen LogP contribution in [0.25, 0.3) is 20.8 Å². The SMILES string of the molecule is COc1cc(N)ccc1-c1nc2c(C)cccc2s1. The van der Waals surface area contributed by atoms with Crippen molar-refractivity contribution in [1.29, 1.82) is 0 Å². The van der Waals surface area contributed by atoms with Crippen LogP contribution in [0.5, 0.6) is 5.75 Å². The molecule has 0 saturated heterocycles. The number of anilines is 1. The number of para-hydroxylation sites is 1. The van der Waals surface area contributed by atoms with E-state index < -0.39 is 0 Å². The lowest BCUT2D eigenvalue weighted by Gasteiger charge is -2.06. The van der Waals surface area contributed by atoms with E-state index in [4.69, 9.17) is 15.5 Å². The van der Waals surface area contributed by atoms with Gasteiger partial charge in [0, 0.05) is 11.8 Å². The molecule has 0 fully saturated rings. The van der Waals surface area contributed by atoms with Gasteiger partial charge in [-0.3, -0.25) is 0 Å².